The normalized spacial score (nSPS) is 10.2. The summed E-state index contributed by atoms with van der Waals surface area (Å²) >= 11 is 9.41. The Labute approximate surface area is 131 Å². The molecule has 0 aliphatic heterocycles. The van der Waals surface area contributed by atoms with Gasteiger partial charge in [-0.3, -0.25) is 0 Å². The van der Waals surface area contributed by atoms with Crippen LogP contribution in [0.5, 0.6) is 0 Å². The van der Waals surface area contributed by atoms with Crippen molar-refractivity contribution < 1.29 is 4.79 Å². The SMILES string of the molecule is Cc1ccc(NC(=O)Nc2ccc(Br)cc2C)cc1Cl. The van der Waals surface area contributed by atoms with Gasteiger partial charge >= 0.3 is 6.03 Å². The molecular weight excluding hydrogens is 340 g/mol. The van der Waals surface area contributed by atoms with E-state index in [1.807, 2.05) is 44.2 Å². The Morgan fingerprint density at radius 3 is 2.45 bits per heavy atom. The van der Waals surface area contributed by atoms with Gasteiger partial charge in [-0.1, -0.05) is 33.6 Å². The van der Waals surface area contributed by atoms with Crippen LogP contribution in [0.4, 0.5) is 16.2 Å². The minimum Gasteiger partial charge on any atom is -0.308 e. The lowest BCUT2D eigenvalue weighted by atomic mass is 10.2. The number of halogens is 2. The zero-order valence-corrected chi connectivity index (χ0v) is 13.5. The van der Waals surface area contributed by atoms with Crippen LogP contribution < -0.4 is 10.6 Å². The van der Waals surface area contributed by atoms with Gasteiger partial charge in [0.25, 0.3) is 0 Å². The molecule has 0 unspecified atom stereocenters. The zero-order valence-electron chi connectivity index (χ0n) is 11.1. The zero-order chi connectivity index (χ0) is 14.7. The molecule has 0 radical (unpaired) electrons. The maximum Gasteiger partial charge on any atom is 0.323 e. The van der Waals surface area contributed by atoms with E-state index in [9.17, 15) is 4.79 Å². The number of urea groups is 1. The van der Waals surface area contributed by atoms with Gasteiger partial charge in [0, 0.05) is 20.9 Å². The Balaban J connectivity index is 2.07. The quantitative estimate of drug-likeness (QED) is 0.749. The summed E-state index contributed by atoms with van der Waals surface area (Å²) in [4.78, 5) is 11.9. The van der Waals surface area contributed by atoms with Crippen LogP contribution in [-0.2, 0) is 0 Å². The van der Waals surface area contributed by atoms with Crippen molar-refractivity contribution >= 4 is 44.9 Å². The van der Waals surface area contributed by atoms with Crippen molar-refractivity contribution in [2.45, 2.75) is 13.8 Å². The smallest absolute Gasteiger partial charge is 0.308 e. The van der Waals surface area contributed by atoms with E-state index in [1.165, 1.54) is 0 Å². The van der Waals surface area contributed by atoms with Crippen LogP contribution in [0.25, 0.3) is 0 Å². The molecular formula is C15H14BrClN2O. The molecule has 5 heteroatoms. The van der Waals surface area contributed by atoms with Crippen molar-refractivity contribution in [2.75, 3.05) is 10.6 Å². The molecule has 2 rings (SSSR count). The van der Waals surface area contributed by atoms with Gasteiger partial charge in [0.05, 0.1) is 0 Å². The van der Waals surface area contributed by atoms with Crippen LogP contribution in [0.3, 0.4) is 0 Å². The lowest BCUT2D eigenvalue weighted by Crippen LogP contribution is -2.19. The molecule has 0 aliphatic carbocycles. The second-order valence-electron chi connectivity index (χ2n) is 4.50. The summed E-state index contributed by atoms with van der Waals surface area (Å²) in [5.41, 5.74) is 3.38. The number of nitrogens with one attached hydrogen (secondary N) is 2. The second-order valence-corrected chi connectivity index (χ2v) is 5.83. The van der Waals surface area contributed by atoms with Crippen molar-refractivity contribution in [2.24, 2.45) is 0 Å². The Kier molecular flexibility index (Phi) is 4.68. The van der Waals surface area contributed by atoms with Crippen LogP contribution in [0.1, 0.15) is 11.1 Å². The Morgan fingerprint density at radius 2 is 1.80 bits per heavy atom. The number of aryl methyl sites for hydroxylation is 2. The van der Waals surface area contributed by atoms with Gasteiger partial charge in [-0.25, -0.2) is 4.79 Å². The number of benzene rings is 2. The third kappa shape index (κ3) is 3.74. The van der Waals surface area contributed by atoms with Crippen LogP contribution in [0, 0.1) is 13.8 Å². The van der Waals surface area contributed by atoms with Crippen molar-refractivity contribution in [3.8, 4) is 0 Å². The molecule has 0 saturated carbocycles. The minimum atomic E-state index is -0.296. The molecule has 20 heavy (non-hydrogen) atoms. The highest BCUT2D eigenvalue weighted by molar-refractivity contribution is 9.10. The molecule has 3 nitrogen and oxygen atoms in total. The van der Waals surface area contributed by atoms with E-state index in [0.717, 1.165) is 21.3 Å². The largest absolute Gasteiger partial charge is 0.323 e. The summed E-state index contributed by atoms with van der Waals surface area (Å²) < 4.78 is 0.978. The number of rotatable bonds is 2. The predicted molar refractivity (Wildman–Crippen MR) is 87.7 cm³/mol. The van der Waals surface area contributed by atoms with Crippen molar-refractivity contribution in [3.63, 3.8) is 0 Å². The standard InChI is InChI=1S/C15H14BrClN2O/c1-9-3-5-12(8-13(9)17)18-15(20)19-14-6-4-11(16)7-10(14)2/h3-8H,1-2H3,(H2,18,19,20). The molecule has 0 bridgehead atoms. The molecule has 2 N–H and O–H groups in total. The van der Waals surface area contributed by atoms with E-state index in [2.05, 4.69) is 26.6 Å². The number of hydrogen-bond donors (Lipinski definition) is 2. The molecule has 0 aromatic heterocycles. The first kappa shape index (κ1) is 14.9. The highest BCUT2D eigenvalue weighted by atomic mass is 79.9. The van der Waals surface area contributed by atoms with Gasteiger partial charge in [-0.15, -0.1) is 0 Å². The minimum absolute atomic E-state index is 0.296. The second kappa shape index (κ2) is 6.29. The molecule has 2 aromatic carbocycles. The first-order valence-electron chi connectivity index (χ1n) is 6.06. The average molecular weight is 354 g/mol. The fraction of sp³-hybridized carbons (Fsp3) is 0.133. The van der Waals surface area contributed by atoms with E-state index < -0.39 is 0 Å². The maximum absolute atomic E-state index is 11.9. The van der Waals surface area contributed by atoms with Crippen molar-refractivity contribution in [1.82, 2.24) is 0 Å². The molecule has 0 atom stereocenters. The topological polar surface area (TPSA) is 41.1 Å². The Morgan fingerprint density at radius 1 is 1.05 bits per heavy atom. The van der Waals surface area contributed by atoms with Gasteiger partial charge in [-0.05, 0) is 55.3 Å². The van der Waals surface area contributed by atoms with E-state index in [-0.39, 0.29) is 6.03 Å². The van der Waals surface area contributed by atoms with Crippen molar-refractivity contribution in [3.05, 3.63) is 57.0 Å². The highest BCUT2D eigenvalue weighted by Crippen LogP contribution is 2.22. The maximum atomic E-state index is 11.9. The van der Waals surface area contributed by atoms with Crippen LogP contribution in [0.2, 0.25) is 5.02 Å². The molecule has 2 aromatic rings. The van der Waals surface area contributed by atoms with Gasteiger partial charge in [0.1, 0.15) is 0 Å². The van der Waals surface area contributed by atoms with Crippen molar-refractivity contribution in [1.29, 1.82) is 0 Å². The number of carbonyl (C=O) groups excluding carboxylic acids is 1. The summed E-state index contributed by atoms with van der Waals surface area (Å²) in [6.45, 7) is 3.85. The average Bonchev–Trinajstić information content (AvgIpc) is 2.37. The monoisotopic (exact) mass is 352 g/mol. The summed E-state index contributed by atoms with van der Waals surface area (Å²) in [6, 6.07) is 10.8. The van der Waals surface area contributed by atoms with E-state index in [0.29, 0.717) is 10.7 Å². The van der Waals surface area contributed by atoms with E-state index >= 15 is 0 Å². The highest BCUT2D eigenvalue weighted by Gasteiger charge is 2.06. The lowest BCUT2D eigenvalue weighted by molar-refractivity contribution is 0.262. The third-order valence-corrected chi connectivity index (χ3v) is 3.77. The van der Waals surface area contributed by atoms with Gasteiger partial charge in [0.15, 0.2) is 0 Å². The lowest BCUT2D eigenvalue weighted by Gasteiger charge is -2.11. The molecule has 0 heterocycles. The summed E-state index contributed by atoms with van der Waals surface area (Å²) in [7, 11) is 0. The first-order valence-corrected chi connectivity index (χ1v) is 7.23. The molecule has 0 fully saturated rings. The Bertz CT molecular complexity index is 658. The predicted octanol–water partition coefficient (Wildman–Crippen LogP) is 5.36. The fourth-order valence-electron chi connectivity index (χ4n) is 1.72. The molecule has 0 saturated heterocycles. The van der Waals surface area contributed by atoms with Crippen LogP contribution in [0.15, 0.2) is 40.9 Å². The molecule has 0 spiro atoms. The summed E-state index contributed by atoms with van der Waals surface area (Å²) in [5.74, 6) is 0. The van der Waals surface area contributed by atoms with E-state index in [4.69, 9.17) is 11.6 Å². The third-order valence-electron chi connectivity index (χ3n) is 2.87. The number of amides is 2. The fourth-order valence-corrected chi connectivity index (χ4v) is 2.38. The van der Waals surface area contributed by atoms with E-state index in [1.54, 1.807) is 6.07 Å². The molecule has 2 amide bonds. The Hall–Kier alpha value is -1.52. The summed E-state index contributed by atoms with van der Waals surface area (Å²) in [5, 5.41) is 6.19. The first-order chi connectivity index (χ1) is 9.45. The van der Waals surface area contributed by atoms with Crippen LogP contribution in [-0.4, -0.2) is 6.03 Å². The molecule has 104 valence electrons. The van der Waals surface area contributed by atoms with Gasteiger partial charge < -0.3 is 10.6 Å². The molecule has 0 aliphatic rings. The van der Waals surface area contributed by atoms with Crippen LogP contribution >= 0.6 is 27.5 Å². The van der Waals surface area contributed by atoms with Gasteiger partial charge in [0.2, 0.25) is 0 Å². The summed E-state index contributed by atoms with van der Waals surface area (Å²) in [6.07, 6.45) is 0. The van der Waals surface area contributed by atoms with Gasteiger partial charge in [-0.2, -0.15) is 0 Å². The number of anilines is 2. The number of hydrogen-bond acceptors (Lipinski definition) is 1. The number of carbonyl (C=O) groups is 1.